The average Bonchev–Trinajstić information content (AvgIpc) is 2.74. The fourth-order valence-electron chi connectivity index (χ4n) is 2.73. The molecule has 0 aromatic carbocycles. The monoisotopic (exact) mass is 313 g/mol. The molecule has 1 amide bonds. The normalized spacial score (nSPS) is 24.8. The number of alkyl carbamates (subject to hydrolysis) is 1. The molecule has 1 aliphatic rings. The van der Waals surface area contributed by atoms with Gasteiger partial charge in [-0.1, -0.05) is 34.1 Å². The second kappa shape index (κ2) is 7.34. The van der Waals surface area contributed by atoms with Gasteiger partial charge in [-0.25, -0.2) is 4.79 Å². The number of carbonyl (C=O) groups is 2. The van der Waals surface area contributed by atoms with Gasteiger partial charge in [-0.3, -0.25) is 4.79 Å². The molecule has 5 nitrogen and oxygen atoms in total. The number of cyclic esters (lactones) is 1. The van der Waals surface area contributed by atoms with Crippen molar-refractivity contribution in [3.8, 4) is 0 Å². The molecule has 22 heavy (non-hydrogen) atoms. The van der Waals surface area contributed by atoms with Crippen LogP contribution in [0.1, 0.15) is 61.3 Å². The molecule has 0 saturated carbocycles. The lowest BCUT2D eigenvalue weighted by Crippen LogP contribution is -2.48. The molecule has 2 unspecified atom stereocenters. The average molecular weight is 313 g/mol. The summed E-state index contributed by atoms with van der Waals surface area (Å²) in [6.07, 6.45) is 0.860. The van der Waals surface area contributed by atoms with Crippen molar-refractivity contribution in [3.05, 3.63) is 0 Å². The van der Waals surface area contributed by atoms with Gasteiger partial charge < -0.3 is 14.8 Å². The number of hydrogen-bond donors (Lipinski definition) is 1. The van der Waals surface area contributed by atoms with E-state index in [0.29, 0.717) is 12.3 Å². The third-order valence-corrected chi connectivity index (χ3v) is 4.19. The Morgan fingerprint density at radius 2 is 1.95 bits per heavy atom. The smallest absolute Gasteiger partial charge is 0.408 e. The Bertz CT molecular complexity index is 400. The maximum absolute atomic E-state index is 12.1. The van der Waals surface area contributed by atoms with Crippen LogP contribution in [0, 0.1) is 17.8 Å². The Morgan fingerprint density at radius 1 is 1.36 bits per heavy atom. The van der Waals surface area contributed by atoms with Crippen LogP contribution < -0.4 is 5.32 Å². The first-order valence-electron chi connectivity index (χ1n) is 8.25. The summed E-state index contributed by atoms with van der Waals surface area (Å²) in [5.74, 6) is 0.237. The molecular weight excluding hydrogens is 282 g/mol. The summed E-state index contributed by atoms with van der Waals surface area (Å²) in [6, 6.07) is -0.229. The SMILES string of the molecule is CCC(C)C1C[C@H]([C@@H](NC(=O)OC(C)(C)C)C(C)C)OC1=O. The van der Waals surface area contributed by atoms with Crippen molar-refractivity contribution in [2.24, 2.45) is 17.8 Å². The molecule has 1 fully saturated rings. The van der Waals surface area contributed by atoms with E-state index >= 15 is 0 Å². The second-order valence-corrected chi connectivity index (χ2v) is 7.62. The van der Waals surface area contributed by atoms with Gasteiger partial charge in [0.15, 0.2) is 0 Å². The van der Waals surface area contributed by atoms with Crippen LogP contribution in [-0.2, 0) is 14.3 Å². The van der Waals surface area contributed by atoms with E-state index in [4.69, 9.17) is 9.47 Å². The Hall–Kier alpha value is -1.26. The zero-order valence-corrected chi connectivity index (χ0v) is 14.9. The van der Waals surface area contributed by atoms with Gasteiger partial charge in [0.25, 0.3) is 0 Å². The van der Waals surface area contributed by atoms with E-state index < -0.39 is 11.7 Å². The lowest BCUT2D eigenvalue weighted by atomic mass is 9.86. The summed E-state index contributed by atoms with van der Waals surface area (Å²) in [6.45, 7) is 13.6. The summed E-state index contributed by atoms with van der Waals surface area (Å²) in [5.41, 5.74) is -0.544. The second-order valence-electron chi connectivity index (χ2n) is 7.62. The van der Waals surface area contributed by atoms with E-state index in [1.165, 1.54) is 0 Å². The molecule has 0 aliphatic carbocycles. The maximum atomic E-state index is 12.1. The summed E-state index contributed by atoms with van der Waals surface area (Å²) >= 11 is 0. The highest BCUT2D eigenvalue weighted by Gasteiger charge is 2.42. The lowest BCUT2D eigenvalue weighted by Gasteiger charge is -2.29. The molecule has 0 radical (unpaired) electrons. The predicted octanol–water partition coefficient (Wildman–Crippen LogP) is 3.51. The highest BCUT2D eigenvalue weighted by molar-refractivity contribution is 5.75. The van der Waals surface area contributed by atoms with Crippen LogP contribution in [0.3, 0.4) is 0 Å². The first kappa shape index (κ1) is 18.8. The van der Waals surface area contributed by atoms with Crippen LogP contribution >= 0.6 is 0 Å². The van der Waals surface area contributed by atoms with Crippen molar-refractivity contribution in [2.45, 2.75) is 79.1 Å². The summed E-state index contributed by atoms with van der Waals surface area (Å²) in [7, 11) is 0. The largest absolute Gasteiger partial charge is 0.460 e. The third-order valence-electron chi connectivity index (χ3n) is 4.19. The first-order chi connectivity index (χ1) is 10.0. The Kier molecular flexibility index (Phi) is 6.27. The van der Waals surface area contributed by atoms with Crippen LogP contribution in [0.2, 0.25) is 0 Å². The Balaban J connectivity index is 2.73. The molecule has 1 N–H and O–H groups in total. The van der Waals surface area contributed by atoms with Gasteiger partial charge in [0.1, 0.15) is 11.7 Å². The minimum Gasteiger partial charge on any atom is -0.460 e. The van der Waals surface area contributed by atoms with Gasteiger partial charge in [0.2, 0.25) is 0 Å². The molecule has 4 atom stereocenters. The molecule has 5 heteroatoms. The predicted molar refractivity (Wildman–Crippen MR) is 85.4 cm³/mol. The quantitative estimate of drug-likeness (QED) is 0.789. The topological polar surface area (TPSA) is 64.6 Å². The number of ether oxygens (including phenoxy) is 2. The van der Waals surface area contributed by atoms with E-state index in [0.717, 1.165) is 6.42 Å². The zero-order valence-electron chi connectivity index (χ0n) is 14.9. The van der Waals surface area contributed by atoms with Crippen molar-refractivity contribution < 1.29 is 19.1 Å². The number of esters is 1. The molecule has 1 saturated heterocycles. The van der Waals surface area contributed by atoms with E-state index in [1.807, 2.05) is 34.6 Å². The van der Waals surface area contributed by atoms with E-state index in [1.54, 1.807) is 0 Å². The fourth-order valence-corrected chi connectivity index (χ4v) is 2.73. The number of amides is 1. The number of rotatable bonds is 5. The molecule has 0 bridgehead atoms. The number of nitrogens with one attached hydrogen (secondary N) is 1. The minimum absolute atomic E-state index is 0.0725. The maximum Gasteiger partial charge on any atom is 0.408 e. The van der Waals surface area contributed by atoms with Gasteiger partial charge in [-0.05, 0) is 39.0 Å². The van der Waals surface area contributed by atoms with Crippen LogP contribution in [0.5, 0.6) is 0 Å². The highest BCUT2D eigenvalue weighted by Crippen LogP contribution is 2.32. The van der Waals surface area contributed by atoms with Gasteiger partial charge in [0, 0.05) is 0 Å². The van der Waals surface area contributed by atoms with Gasteiger partial charge >= 0.3 is 12.1 Å². The fraction of sp³-hybridized carbons (Fsp3) is 0.882. The van der Waals surface area contributed by atoms with Gasteiger partial charge in [0.05, 0.1) is 12.0 Å². The molecule has 0 spiro atoms. The minimum atomic E-state index is -0.544. The number of carbonyl (C=O) groups excluding carboxylic acids is 2. The van der Waals surface area contributed by atoms with Crippen molar-refractivity contribution >= 4 is 12.1 Å². The van der Waals surface area contributed by atoms with E-state index in [2.05, 4.69) is 19.2 Å². The summed E-state index contributed by atoms with van der Waals surface area (Å²) in [5, 5.41) is 2.87. The molecule has 1 rings (SSSR count). The summed E-state index contributed by atoms with van der Waals surface area (Å²) < 4.78 is 10.9. The highest BCUT2D eigenvalue weighted by atomic mass is 16.6. The van der Waals surface area contributed by atoms with Crippen molar-refractivity contribution in [3.63, 3.8) is 0 Å². The van der Waals surface area contributed by atoms with E-state index in [9.17, 15) is 9.59 Å². The molecule has 128 valence electrons. The third kappa shape index (κ3) is 5.18. The van der Waals surface area contributed by atoms with Crippen LogP contribution in [0.4, 0.5) is 4.79 Å². The Labute approximate surface area is 134 Å². The van der Waals surface area contributed by atoms with Gasteiger partial charge in [-0.15, -0.1) is 0 Å². The Morgan fingerprint density at radius 3 is 2.41 bits per heavy atom. The van der Waals surface area contributed by atoms with Crippen molar-refractivity contribution in [1.82, 2.24) is 5.32 Å². The van der Waals surface area contributed by atoms with Crippen molar-refractivity contribution in [1.29, 1.82) is 0 Å². The lowest BCUT2D eigenvalue weighted by molar-refractivity contribution is -0.146. The summed E-state index contributed by atoms with van der Waals surface area (Å²) in [4.78, 5) is 24.1. The van der Waals surface area contributed by atoms with Crippen molar-refractivity contribution in [2.75, 3.05) is 0 Å². The standard InChI is InChI=1S/C17H31NO4/c1-8-11(4)12-9-13(21-15(12)19)14(10(2)3)18-16(20)22-17(5,6)7/h10-14H,8-9H2,1-7H3,(H,18,20)/t11?,12?,13-,14+/m1/s1. The first-order valence-corrected chi connectivity index (χ1v) is 8.25. The molecule has 0 aromatic rings. The van der Waals surface area contributed by atoms with Gasteiger partial charge in [-0.2, -0.15) is 0 Å². The molecule has 1 heterocycles. The number of hydrogen-bond acceptors (Lipinski definition) is 4. The van der Waals surface area contributed by atoms with Crippen LogP contribution in [0.25, 0.3) is 0 Å². The molecular formula is C17H31NO4. The van der Waals surface area contributed by atoms with Crippen LogP contribution in [-0.4, -0.2) is 29.8 Å². The van der Waals surface area contributed by atoms with E-state index in [-0.39, 0.29) is 30.0 Å². The van der Waals surface area contributed by atoms with Crippen LogP contribution in [0.15, 0.2) is 0 Å². The zero-order chi connectivity index (χ0) is 17.1. The molecule has 0 aromatic heterocycles. The molecule has 1 aliphatic heterocycles.